The number of hydrogen-bond donors (Lipinski definition) is 1. The highest BCUT2D eigenvalue weighted by molar-refractivity contribution is 5.52. The van der Waals surface area contributed by atoms with Crippen molar-refractivity contribution in [3.05, 3.63) is 11.9 Å². The standard InChI is InChI=1S/C9H11F3N2O3/c1-15-7-5(3-13)14-4-6(8(7)16-2)17-9(10,11)12/h4H,3,13H2,1-2H3. The van der Waals surface area contributed by atoms with Gasteiger partial charge in [0, 0.05) is 6.54 Å². The maximum atomic E-state index is 12.1. The van der Waals surface area contributed by atoms with E-state index in [1.165, 1.54) is 14.2 Å². The van der Waals surface area contributed by atoms with Crippen molar-refractivity contribution in [1.29, 1.82) is 0 Å². The Hall–Kier alpha value is -1.70. The molecule has 0 aliphatic rings. The van der Waals surface area contributed by atoms with E-state index in [0.29, 0.717) is 0 Å². The van der Waals surface area contributed by atoms with E-state index in [1.54, 1.807) is 0 Å². The summed E-state index contributed by atoms with van der Waals surface area (Å²) in [6.07, 6.45) is -3.94. The van der Waals surface area contributed by atoms with Crippen LogP contribution in [0.3, 0.4) is 0 Å². The Kier molecular flexibility index (Phi) is 4.00. The highest BCUT2D eigenvalue weighted by atomic mass is 19.4. The molecule has 0 unspecified atom stereocenters. The molecule has 0 amide bonds. The lowest BCUT2D eigenvalue weighted by molar-refractivity contribution is -0.275. The van der Waals surface area contributed by atoms with Crippen molar-refractivity contribution >= 4 is 0 Å². The van der Waals surface area contributed by atoms with Crippen LogP contribution in [0.5, 0.6) is 17.2 Å². The zero-order valence-corrected chi connectivity index (χ0v) is 9.17. The third-order valence-electron chi connectivity index (χ3n) is 1.86. The first-order chi connectivity index (χ1) is 7.92. The summed E-state index contributed by atoms with van der Waals surface area (Å²) in [5.74, 6) is -0.744. The van der Waals surface area contributed by atoms with E-state index in [2.05, 4.69) is 9.72 Å². The summed E-state index contributed by atoms with van der Waals surface area (Å²) >= 11 is 0. The van der Waals surface area contributed by atoms with E-state index in [1.807, 2.05) is 0 Å². The number of nitrogens with two attached hydrogens (primary N) is 1. The topological polar surface area (TPSA) is 66.6 Å². The predicted molar refractivity (Wildman–Crippen MR) is 51.9 cm³/mol. The van der Waals surface area contributed by atoms with Gasteiger partial charge in [0.15, 0.2) is 11.5 Å². The number of nitrogens with zero attached hydrogens (tertiary/aromatic N) is 1. The van der Waals surface area contributed by atoms with Crippen LogP contribution >= 0.6 is 0 Å². The van der Waals surface area contributed by atoms with Crippen molar-refractivity contribution < 1.29 is 27.4 Å². The molecule has 0 saturated heterocycles. The van der Waals surface area contributed by atoms with Crippen molar-refractivity contribution in [3.8, 4) is 17.2 Å². The molecule has 0 atom stereocenters. The van der Waals surface area contributed by atoms with Crippen molar-refractivity contribution in [1.82, 2.24) is 4.98 Å². The van der Waals surface area contributed by atoms with Crippen LogP contribution < -0.4 is 19.9 Å². The van der Waals surface area contributed by atoms with Crippen LogP contribution in [0.1, 0.15) is 5.69 Å². The average molecular weight is 252 g/mol. The normalized spacial score (nSPS) is 11.2. The fraction of sp³-hybridized carbons (Fsp3) is 0.444. The SMILES string of the molecule is COc1c(OC(F)(F)F)cnc(CN)c1OC. The summed E-state index contributed by atoms with van der Waals surface area (Å²) in [5, 5.41) is 0. The van der Waals surface area contributed by atoms with Crippen LogP contribution in [0.4, 0.5) is 13.2 Å². The van der Waals surface area contributed by atoms with Crippen LogP contribution in [-0.4, -0.2) is 25.6 Å². The third-order valence-corrected chi connectivity index (χ3v) is 1.86. The molecule has 1 aromatic rings. The lowest BCUT2D eigenvalue weighted by atomic mass is 10.3. The smallest absolute Gasteiger partial charge is 0.491 e. The molecule has 1 aromatic heterocycles. The first-order valence-corrected chi connectivity index (χ1v) is 4.48. The molecular formula is C9H11F3N2O3. The maximum absolute atomic E-state index is 12.1. The quantitative estimate of drug-likeness (QED) is 0.878. The molecule has 96 valence electrons. The van der Waals surface area contributed by atoms with Gasteiger partial charge in [-0.3, -0.25) is 4.98 Å². The molecule has 0 fully saturated rings. The van der Waals surface area contributed by atoms with E-state index in [9.17, 15) is 13.2 Å². The molecule has 8 heteroatoms. The molecule has 0 aliphatic heterocycles. The molecule has 0 spiro atoms. The highest BCUT2D eigenvalue weighted by Crippen LogP contribution is 2.40. The summed E-state index contributed by atoms with van der Waals surface area (Å²) in [6, 6.07) is 0. The number of rotatable bonds is 4. The van der Waals surface area contributed by atoms with E-state index in [4.69, 9.17) is 15.2 Å². The van der Waals surface area contributed by atoms with E-state index < -0.39 is 12.1 Å². The number of alkyl halides is 3. The van der Waals surface area contributed by atoms with Crippen LogP contribution in [0.25, 0.3) is 0 Å². The Morgan fingerprint density at radius 2 is 1.82 bits per heavy atom. The summed E-state index contributed by atoms with van der Waals surface area (Å²) in [7, 11) is 2.47. The average Bonchev–Trinajstić information content (AvgIpc) is 2.26. The van der Waals surface area contributed by atoms with Gasteiger partial charge in [-0.1, -0.05) is 0 Å². The molecular weight excluding hydrogens is 241 g/mol. The molecule has 0 aromatic carbocycles. The molecule has 17 heavy (non-hydrogen) atoms. The summed E-state index contributed by atoms with van der Waals surface area (Å²) in [6.45, 7) is 0.00578. The number of aromatic nitrogens is 1. The minimum absolute atomic E-state index is 0.00578. The van der Waals surface area contributed by atoms with Gasteiger partial charge in [0.1, 0.15) is 0 Å². The van der Waals surface area contributed by atoms with E-state index in [0.717, 1.165) is 6.20 Å². The molecule has 2 N–H and O–H groups in total. The van der Waals surface area contributed by atoms with Gasteiger partial charge in [0.2, 0.25) is 5.75 Å². The fourth-order valence-electron chi connectivity index (χ4n) is 1.24. The van der Waals surface area contributed by atoms with Crippen molar-refractivity contribution in [3.63, 3.8) is 0 Å². The zero-order chi connectivity index (χ0) is 13.1. The first-order valence-electron chi connectivity index (χ1n) is 4.48. The highest BCUT2D eigenvalue weighted by Gasteiger charge is 2.33. The minimum Gasteiger partial charge on any atom is -0.491 e. The third kappa shape index (κ3) is 3.13. The number of ether oxygens (including phenoxy) is 3. The molecule has 0 aliphatic carbocycles. The molecule has 5 nitrogen and oxygen atoms in total. The maximum Gasteiger partial charge on any atom is 0.573 e. The lowest BCUT2D eigenvalue weighted by Gasteiger charge is -2.16. The number of pyridine rings is 1. The van der Waals surface area contributed by atoms with Gasteiger partial charge in [-0.05, 0) is 0 Å². The molecule has 0 radical (unpaired) electrons. The zero-order valence-electron chi connectivity index (χ0n) is 9.17. The summed E-state index contributed by atoms with van der Waals surface area (Å²) < 4.78 is 49.8. The van der Waals surface area contributed by atoms with Crippen LogP contribution in [0, 0.1) is 0 Å². The Morgan fingerprint density at radius 1 is 1.24 bits per heavy atom. The van der Waals surface area contributed by atoms with Gasteiger partial charge >= 0.3 is 6.36 Å². The van der Waals surface area contributed by atoms with Gasteiger partial charge < -0.3 is 19.9 Å². The van der Waals surface area contributed by atoms with Crippen LogP contribution in [-0.2, 0) is 6.54 Å². The van der Waals surface area contributed by atoms with Crippen molar-refractivity contribution in [2.45, 2.75) is 12.9 Å². The lowest BCUT2D eigenvalue weighted by Crippen LogP contribution is -2.18. The molecule has 1 heterocycles. The van der Waals surface area contributed by atoms with Gasteiger partial charge in [0.05, 0.1) is 26.1 Å². The minimum atomic E-state index is -4.83. The number of hydrogen-bond acceptors (Lipinski definition) is 5. The molecule has 0 bridgehead atoms. The number of methoxy groups -OCH3 is 2. The van der Waals surface area contributed by atoms with Crippen LogP contribution in [0.2, 0.25) is 0 Å². The van der Waals surface area contributed by atoms with Crippen molar-refractivity contribution in [2.24, 2.45) is 5.73 Å². The van der Waals surface area contributed by atoms with Gasteiger partial charge in [-0.2, -0.15) is 0 Å². The van der Waals surface area contributed by atoms with Gasteiger partial charge in [-0.15, -0.1) is 13.2 Å². The number of halogens is 3. The van der Waals surface area contributed by atoms with E-state index >= 15 is 0 Å². The fourth-order valence-corrected chi connectivity index (χ4v) is 1.24. The Labute approximate surface area is 95.3 Å². The monoisotopic (exact) mass is 252 g/mol. The molecule has 0 saturated carbocycles. The predicted octanol–water partition coefficient (Wildman–Crippen LogP) is 1.46. The summed E-state index contributed by atoms with van der Waals surface area (Å²) in [5.41, 5.74) is 5.64. The van der Waals surface area contributed by atoms with Gasteiger partial charge in [-0.25, -0.2) is 0 Å². The van der Waals surface area contributed by atoms with Crippen LogP contribution in [0.15, 0.2) is 6.20 Å². The Morgan fingerprint density at radius 3 is 2.24 bits per heavy atom. The second kappa shape index (κ2) is 5.09. The Bertz CT molecular complexity index is 396. The summed E-state index contributed by atoms with van der Waals surface area (Å²) in [4.78, 5) is 3.71. The second-order valence-electron chi connectivity index (χ2n) is 2.89. The van der Waals surface area contributed by atoms with Gasteiger partial charge in [0.25, 0.3) is 0 Å². The largest absolute Gasteiger partial charge is 0.573 e. The van der Waals surface area contributed by atoms with Crippen molar-refractivity contribution in [2.75, 3.05) is 14.2 Å². The second-order valence-corrected chi connectivity index (χ2v) is 2.89. The first kappa shape index (κ1) is 13.4. The molecule has 1 rings (SSSR count). The van der Waals surface area contributed by atoms with E-state index in [-0.39, 0.29) is 23.7 Å². The Balaban J connectivity index is 3.23.